The first-order chi connectivity index (χ1) is 14.2. The van der Waals surface area contributed by atoms with Crippen molar-refractivity contribution in [2.75, 3.05) is 12.4 Å². The molecule has 0 unspecified atom stereocenters. The molecule has 4 aromatic rings. The molecule has 7 nitrogen and oxygen atoms in total. The van der Waals surface area contributed by atoms with E-state index < -0.39 is 0 Å². The van der Waals surface area contributed by atoms with Gasteiger partial charge in [-0.2, -0.15) is 5.10 Å². The highest BCUT2D eigenvalue weighted by Crippen LogP contribution is 2.22. The zero-order chi connectivity index (χ0) is 20.2. The van der Waals surface area contributed by atoms with Crippen LogP contribution in [0.15, 0.2) is 73.1 Å². The number of nitrogens with zero attached hydrogens (tertiary/aromatic N) is 3. The van der Waals surface area contributed by atoms with Gasteiger partial charge in [-0.1, -0.05) is 48.5 Å². The molecule has 0 fully saturated rings. The fraction of sp³-hybridized carbons (Fsp3) is 0.0909. The summed E-state index contributed by atoms with van der Waals surface area (Å²) in [5, 5.41) is 9.85. The lowest BCUT2D eigenvalue weighted by atomic mass is 10.1. The summed E-state index contributed by atoms with van der Waals surface area (Å²) in [6.07, 6.45) is 3.35. The van der Waals surface area contributed by atoms with Crippen LogP contribution < -0.4 is 10.6 Å². The molecule has 0 aliphatic rings. The maximum atomic E-state index is 12.9. The standard InChI is InChI=1S/C22H19N5O2/c1-23-20(28)13-16-9-5-6-10-18(16)26-22(29)17-14-25-27-19(11-12-24-21(17)27)15-7-3-2-4-8-15/h2-12,14H,13H2,1H3,(H,23,28)(H,26,29). The van der Waals surface area contributed by atoms with Crippen molar-refractivity contribution in [1.82, 2.24) is 19.9 Å². The quantitative estimate of drug-likeness (QED) is 0.553. The van der Waals surface area contributed by atoms with E-state index >= 15 is 0 Å². The molecule has 0 bridgehead atoms. The number of hydrogen-bond acceptors (Lipinski definition) is 4. The van der Waals surface area contributed by atoms with Crippen molar-refractivity contribution < 1.29 is 9.59 Å². The van der Waals surface area contributed by atoms with Crippen LogP contribution in [-0.4, -0.2) is 33.5 Å². The van der Waals surface area contributed by atoms with Crippen LogP contribution in [0, 0.1) is 0 Å². The van der Waals surface area contributed by atoms with Crippen molar-refractivity contribution in [2.24, 2.45) is 0 Å². The lowest BCUT2D eigenvalue weighted by Crippen LogP contribution is -2.21. The van der Waals surface area contributed by atoms with Gasteiger partial charge < -0.3 is 10.6 Å². The monoisotopic (exact) mass is 385 g/mol. The number of hydrogen-bond donors (Lipinski definition) is 2. The second-order valence-electron chi connectivity index (χ2n) is 6.45. The molecule has 0 aliphatic carbocycles. The van der Waals surface area contributed by atoms with Gasteiger partial charge in [0.05, 0.1) is 18.3 Å². The van der Waals surface area contributed by atoms with Crippen LogP contribution in [0.2, 0.25) is 0 Å². The van der Waals surface area contributed by atoms with Gasteiger partial charge in [0.1, 0.15) is 5.56 Å². The van der Waals surface area contributed by atoms with Gasteiger partial charge in [-0.25, -0.2) is 9.50 Å². The summed E-state index contributed by atoms with van der Waals surface area (Å²) in [4.78, 5) is 29.0. The molecule has 2 aromatic carbocycles. The van der Waals surface area contributed by atoms with Gasteiger partial charge in [0.2, 0.25) is 5.91 Å². The van der Waals surface area contributed by atoms with Gasteiger partial charge in [-0.3, -0.25) is 9.59 Å². The molecule has 0 atom stereocenters. The molecule has 2 aromatic heterocycles. The third-order valence-electron chi connectivity index (χ3n) is 4.61. The number of likely N-dealkylation sites (N-methyl/N-ethyl adjacent to an activating group) is 1. The minimum atomic E-state index is -0.331. The summed E-state index contributed by atoms with van der Waals surface area (Å²) in [5.41, 5.74) is 3.96. The topological polar surface area (TPSA) is 88.4 Å². The van der Waals surface area contributed by atoms with Gasteiger partial charge in [0.25, 0.3) is 5.91 Å². The zero-order valence-electron chi connectivity index (χ0n) is 15.8. The highest BCUT2D eigenvalue weighted by molar-refractivity contribution is 6.08. The summed E-state index contributed by atoms with van der Waals surface area (Å²) in [6, 6.07) is 18.9. The molecule has 29 heavy (non-hydrogen) atoms. The highest BCUT2D eigenvalue weighted by atomic mass is 16.2. The Hall–Kier alpha value is -4.00. The number of aromatic nitrogens is 3. The number of fused-ring (bicyclic) bond motifs is 1. The van der Waals surface area contributed by atoms with Gasteiger partial charge in [-0.15, -0.1) is 0 Å². The molecule has 0 spiro atoms. The molecule has 2 N–H and O–H groups in total. The van der Waals surface area contributed by atoms with Crippen molar-refractivity contribution in [1.29, 1.82) is 0 Å². The molecule has 144 valence electrons. The first-order valence-corrected chi connectivity index (χ1v) is 9.15. The number of carbonyl (C=O) groups excluding carboxylic acids is 2. The van der Waals surface area contributed by atoms with Crippen molar-refractivity contribution in [3.8, 4) is 11.3 Å². The van der Waals surface area contributed by atoms with Crippen molar-refractivity contribution in [2.45, 2.75) is 6.42 Å². The molecular formula is C22H19N5O2. The Morgan fingerprint density at radius 1 is 1.00 bits per heavy atom. The molecule has 0 aliphatic heterocycles. The number of anilines is 1. The number of carbonyl (C=O) groups is 2. The van der Waals surface area contributed by atoms with E-state index in [9.17, 15) is 9.59 Å². The largest absolute Gasteiger partial charge is 0.359 e. The van der Waals surface area contributed by atoms with Crippen LogP contribution in [0.5, 0.6) is 0 Å². The normalized spacial score (nSPS) is 10.7. The SMILES string of the molecule is CNC(=O)Cc1ccccc1NC(=O)c1cnn2c(-c3ccccc3)ccnc12. The molecule has 4 rings (SSSR count). The Morgan fingerprint density at radius 3 is 2.55 bits per heavy atom. The third kappa shape index (κ3) is 3.70. The van der Waals surface area contributed by atoms with Crippen LogP contribution in [0.25, 0.3) is 16.9 Å². The van der Waals surface area contributed by atoms with E-state index in [-0.39, 0.29) is 18.2 Å². The molecule has 0 radical (unpaired) electrons. The van der Waals surface area contributed by atoms with Gasteiger partial charge in [-0.05, 0) is 17.7 Å². The van der Waals surface area contributed by atoms with Crippen molar-refractivity contribution in [3.05, 3.63) is 84.2 Å². The third-order valence-corrected chi connectivity index (χ3v) is 4.61. The number of benzene rings is 2. The molecule has 0 saturated carbocycles. The van der Waals surface area contributed by atoms with Gasteiger partial charge in [0, 0.05) is 24.5 Å². The molecule has 7 heteroatoms. The van der Waals surface area contributed by atoms with E-state index in [1.165, 1.54) is 6.20 Å². The number of para-hydroxylation sites is 1. The second kappa shape index (κ2) is 7.93. The van der Waals surface area contributed by atoms with E-state index in [4.69, 9.17) is 0 Å². The van der Waals surface area contributed by atoms with Crippen LogP contribution in [0.1, 0.15) is 15.9 Å². The lowest BCUT2D eigenvalue weighted by Gasteiger charge is -2.10. The number of rotatable bonds is 5. The first-order valence-electron chi connectivity index (χ1n) is 9.15. The lowest BCUT2D eigenvalue weighted by molar-refractivity contribution is -0.119. The number of nitrogens with one attached hydrogen (secondary N) is 2. The predicted molar refractivity (Wildman–Crippen MR) is 111 cm³/mol. The van der Waals surface area contributed by atoms with Crippen LogP contribution in [0.4, 0.5) is 5.69 Å². The Balaban J connectivity index is 1.67. The summed E-state index contributed by atoms with van der Waals surface area (Å²) in [7, 11) is 1.58. The van der Waals surface area contributed by atoms with Crippen LogP contribution in [0.3, 0.4) is 0 Å². The van der Waals surface area contributed by atoms with E-state index in [1.807, 2.05) is 54.6 Å². The smallest absolute Gasteiger partial charge is 0.261 e. The minimum Gasteiger partial charge on any atom is -0.359 e. The predicted octanol–water partition coefficient (Wildman–Crippen LogP) is 2.94. The van der Waals surface area contributed by atoms with E-state index in [0.717, 1.165) is 16.8 Å². The molecule has 2 heterocycles. The fourth-order valence-corrected chi connectivity index (χ4v) is 3.13. The molecule has 2 amide bonds. The average Bonchev–Trinajstić information content (AvgIpc) is 3.20. The Bertz CT molecular complexity index is 1180. The number of amides is 2. The van der Waals surface area contributed by atoms with E-state index in [2.05, 4.69) is 20.7 Å². The zero-order valence-corrected chi connectivity index (χ0v) is 15.8. The summed E-state index contributed by atoms with van der Waals surface area (Å²) in [6.45, 7) is 0. The summed E-state index contributed by atoms with van der Waals surface area (Å²) >= 11 is 0. The average molecular weight is 385 g/mol. The maximum Gasteiger partial charge on any atom is 0.261 e. The van der Waals surface area contributed by atoms with Gasteiger partial charge in [0.15, 0.2) is 5.65 Å². The second-order valence-corrected chi connectivity index (χ2v) is 6.45. The Kier molecular flexibility index (Phi) is 5.03. The van der Waals surface area contributed by atoms with E-state index in [1.54, 1.807) is 23.8 Å². The van der Waals surface area contributed by atoms with E-state index in [0.29, 0.717) is 16.9 Å². The van der Waals surface area contributed by atoms with Crippen molar-refractivity contribution in [3.63, 3.8) is 0 Å². The summed E-state index contributed by atoms with van der Waals surface area (Å²) in [5.74, 6) is -0.459. The van der Waals surface area contributed by atoms with Crippen molar-refractivity contribution >= 4 is 23.1 Å². The van der Waals surface area contributed by atoms with Crippen LogP contribution in [-0.2, 0) is 11.2 Å². The van der Waals surface area contributed by atoms with Gasteiger partial charge >= 0.3 is 0 Å². The van der Waals surface area contributed by atoms with Crippen LogP contribution >= 0.6 is 0 Å². The molecular weight excluding hydrogens is 366 g/mol. The minimum absolute atomic E-state index is 0.128. The Labute approximate surface area is 167 Å². The first kappa shape index (κ1) is 18.4. The maximum absolute atomic E-state index is 12.9. The highest BCUT2D eigenvalue weighted by Gasteiger charge is 2.17. The summed E-state index contributed by atoms with van der Waals surface area (Å²) < 4.78 is 1.65. The Morgan fingerprint density at radius 2 is 1.76 bits per heavy atom. The fourth-order valence-electron chi connectivity index (χ4n) is 3.13. The molecule has 0 saturated heterocycles.